The molecular weight excluding hydrogens is 434 g/mol. The summed E-state index contributed by atoms with van der Waals surface area (Å²) in [6.07, 6.45) is 3.19. The molecule has 0 saturated heterocycles. The number of rotatable bonds is 6. The molecule has 4 aromatic rings. The summed E-state index contributed by atoms with van der Waals surface area (Å²) in [6.45, 7) is 2.99. The number of thioether (sulfide) groups is 1. The van der Waals surface area contributed by atoms with E-state index in [4.69, 9.17) is 4.98 Å². The van der Waals surface area contributed by atoms with E-state index in [2.05, 4.69) is 39.6 Å². The van der Waals surface area contributed by atoms with E-state index in [1.165, 1.54) is 27.3 Å². The first-order valence-corrected chi connectivity index (χ1v) is 12.5. The standard InChI is InChI=1S/C21H21N5OS3/c1-12-7-8-14-15(9-12)29-19-17(14)18(27)23-16(24-19)11-28-21-26-25-20(30-21)22-10-13-5-3-2-4-6-13/h2-6,12H,7-11H2,1H3,(H,22,25)(H,23,24,27). The zero-order chi connectivity index (χ0) is 20.5. The fourth-order valence-corrected chi connectivity index (χ4v) is 6.73. The maximum absolute atomic E-state index is 12.7. The molecule has 3 aromatic heterocycles. The number of hydrogen-bond donors (Lipinski definition) is 2. The van der Waals surface area contributed by atoms with Crippen molar-refractivity contribution in [2.45, 2.75) is 42.8 Å². The highest BCUT2D eigenvalue weighted by Gasteiger charge is 2.23. The van der Waals surface area contributed by atoms with Crippen LogP contribution in [0.15, 0.2) is 39.5 Å². The maximum Gasteiger partial charge on any atom is 0.259 e. The number of hydrogen-bond acceptors (Lipinski definition) is 8. The van der Waals surface area contributed by atoms with E-state index < -0.39 is 0 Å². The molecule has 0 aliphatic heterocycles. The zero-order valence-corrected chi connectivity index (χ0v) is 18.9. The van der Waals surface area contributed by atoms with Crippen LogP contribution >= 0.6 is 34.4 Å². The van der Waals surface area contributed by atoms with Crippen molar-refractivity contribution in [3.63, 3.8) is 0 Å². The molecule has 0 saturated carbocycles. The van der Waals surface area contributed by atoms with E-state index in [1.807, 2.05) is 18.2 Å². The lowest BCUT2D eigenvalue weighted by Gasteiger charge is -2.17. The number of nitrogens with zero attached hydrogens (tertiary/aromatic N) is 3. The Morgan fingerprint density at radius 1 is 1.23 bits per heavy atom. The van der Waals surface area contributed by atoms with Crippen LogP contribution in [0.25, 0.3) is 10.2 Å². The molecule has 3 heterocycles. The van der Waals surface area contributed by atoms with Crippen molar-refractivity contribution in [1.82, 2.24) is 20.2 Å². The van der Waals surface area contributed by atoms with Crippen molar-refractivity contribution in [2.24, 2.45) is 5.92 Å². The molecule has 1 aromatic carbocycles. The van der Waals surface area contributed by atoms with Crippen molar-refractivity contribution < 1.29 is 0 Å². The first kappa shape index (κ1) is 19.7. The van der Waals surface area contributed by atoms with Gasteiger partial charge in [0.15, 0.2) is 4.34 Å². The van der Waals surface area contributed by atoms with Gasteiger partial charge in [0.05, 0.1) is 11.1 Å². The quantitative estimate of drug-likeness (QED) is 0.404. The fourth-order valence-electron chi connectivity index (χ4n) is 3.70. The van der Waals surface area contributed by atoms with Gasteiger partial charge in [0, 0.05) is 11.4 Å². The molecule has 0 radical (unpaired) electrons. The van der Waals surface area contributed by atoms with Crippen LogP contribution in [0.5, 0.6) is 0 Å². The Morgan fingerprint density at radius 2 is 2.10 bits per heavy atom. The van der Waals surface area contributed by atoms with Gasteiger partial charge in [-0.15, -0.1) is 21.5 Å². The van der Waals surface area contributed by atoms with E-state index in [9.17, 15) is 4.79 Å². The number of aryl methyl sites for hydroxylation is 1. The van der Waals surface area contributed by atoms with E-state index in [0.29, 0.717) is 24.0 Å². The summed E-state index contributed by atoms with van der Waals surface area (Å²) in [5.74, 6) is 1.94. The van der Waals surface area contributed by atoms with Crippen molar-refractivity contribution in [2.75, 3.05) is 5.32 Å². The van der Waals surface area contributed by atoms with Gasteiger partial charge in [0.1, 0.15) is 10.7 Å². The molecule has 0 fully saturated rings. The van der Waals surface area contributed by atoms with Crippen LogP contribution in [-0.2, 0) is 25.1 Å². The molecule has 1 unspecified atom stereocenters. The summed E-state index contributed by atoms with van der Waals surface area (Å²) >= 11 is 4.75. The van der Waals surface area contributed by atoms with Gasteiger partial charge >= 0.3 is 0 Å². The molecule has 154 valence electrons. The lowest BCUT2D eigenvalue weighted by atomic mass is 9.89. The van der Waals surface area contributed by atoms with Gasteiger partial charge in [0.25, 0.3) is 5.56 Å². The summed E-state index contributed by atoms with van der Waals surface area (Å²) in [6, 6.07) is 10.2. The zero-order valence-electron chi connectivity index (χ0n) is 16.5. The van der Waals surface area contributed by atoms with Crippen LogP contribution in [0, 0.1) is 5.92 Å². The second-order valence-corrected chi connectivity index (χ2v) is 10.8. The molecule has 6 nitrogen and oxygen atoms in total. The molecule has 5 rings (SSSR count). The largest absolute Gasteiger partial charge is 0.356 e. The Hall–Kier alpha value is -2.23. The average Bonchev–Trinajstić information content (AvgIpc) is 3.35. The smallest absolute Gasteiger partial charge is 0.259 e. The van der Waals surface area contributed by atoms with Gasteiger partial charge in [-0.2, -0.15) is 0 Å². The number of aromatic amines is 1. The van der Waals surface area contributed by atoms with Gasteiger partial charge in [0.2, 0.25) is 5.13 Å². The molecule has 30 heavy (non-hydrogen) atoms. The van der Waals surface area contributed by atoms with Crippen molar-refractivity contribution >= 4 is 49.8 Å². The minimum atomic E-state index is -0.00914. The Balaban J connectivity index is 1.26. The van der Waals surface area contributed by atoms with Crippen molar-refractivity contribution in [1.29, 1.82) is 0 Å². The van der Waals surface area contributed by atoms with E-state index >= 15 is 0 Å². The van der Waals surface area contributed by atoms with Gasteiger partial charge in [-0.3, -0.25) is 4.79 Å². The van der Waals surface area contributed by atoms with E-state index in [1.54, 1.807) is 23.1 Å². The van der Waals surface area contributed by atoms with Crippen molar-refractivity contribution in [3.05, 3.63) is 62.5 Å². The predicted octanol–water partition coefficient (Wildman–Crippen LogP) is 4.87. The molecule has 1 aliphatic rings. The molecular formula is C21H21N5OS3. The normalized spacial score (nSPS) is 16.0. The van der Waals surface area contributed by atoms with Gasteiger partial charge in [-0.1, -0.05) is 60.4 Å². The van der Waals surface area contributed by atoms with E-state index in [-0.39, 0.29) is 5.56 Å². The molecule has 0 spiro atoms. The van der Waals surface area contributed by atoms with E-state index in [0.717, 1.165) is 39.0 Å². The minimum absolute atomic E-state index is 0.00914. The lowest BCUT2D eigenvalue weighted by molar-refractivity contribution is 0.509. The summed E-state index contributed by atoms with van der Waals surface area (Å²) < 4.78 is 0.854. The number of H-pyrrole nitrogens is 1. The van der Waals surface area contributed by atoms with Crippen LogP contribution in [-0.4, -0.2) is 20.2 Å². The first-order valence-electron chi connectivity index (χ1n) is 9.93. The molecule has 2 N–H and O–H groups in total. The average molecular weight is 456 g/mol. The van der Waals surface area contributed by atoms with Gasteiger partial charge in [-0.25, -0.2) is 4.98 Å². The molecule has 1 aliphatic carbocycles. The Bertz CT molecular complexity index is 1230. The van der Waals surface area contributed by atoms with Crippen molar-refractivity contribution in [3.8, 4) is 0 Å². The minimum Gasteiger partial charge on any atom is -0.356 e. The number of fused-ring (bicyclic) bond motifs is 3. The van der Waals surface area contributed by atoms with Crippen LogP contribution in [0.1, 0.15) is 35.2 Å². The maximum atomic E-state index is 12.7. The Kier molecular flexibility index (Phi) is 5.58. The Labute approximate surface area is 186 Å². The SMILES string of the molecule is CC1CCc2c(sc3nc(CSc4nnc(NCc5ccccc5)s4)[nH]c(=O)c23)C1. The summed E-state index contributed by atoms with van der Waals surface area (Å²) in [7, 11) is 0. The first-order chi connectivity index (χ1) is 14.7. The third kappa shape index (κ3) is 4.14. The lowest BCUT2D eigenvalue weighted by Crippen LogP contribution is -2.14. The number of anilines is 1. The second kappa shape index (κ2) is 8.49. The fraction of sp³-hybridized carbons (Fsp3) is 0.333. The highest BCUT2D eigenvalue weighted by Crippen LogP contribution is 2.36. The monoisotopic (exact) mass is 455 g/mol. The highest BCUT2D eigenvalue weighted by atomic mass is 32.2. The van der Waals surface area contributed by atoms with Crippen LogP contribution in [0.2, 0.25) is 0 Å². The van der Waals surface area contributed by atoms with Gasteiger partial charge in [-0.05, 0) is 36.3 Å². The third-order valence-corrected chi connectivity index (χ3v) is 8.41. The topological polar surface area (TPSA) is 83.6 Å². The highest BCUT2D eigenvalue weighted by molar-refractivity contribution is 8.00. The number of aromatic nitrogens is 4. The molecule has 9 heteroatoms. The number of thiophene rings is 1. The Morgan fingerprint density at radius 3 is 2.97 bits per heavy atom. The predicted molar refractivity (Wildman–Crippen MR) is 125 cm³/mol. The molecule has 0 bridgehead atoms. The van der Waals surface area contributed by atoms with Crippen LogP contribution < -0.4 is 10.9 Å². The van der Waals surface area contributed by atoms with Gasteiger partial charge < -0.3 is 10.3 Å². The molecule has 1 atom stereocenters. The number of benzene rings is 1. The summed E-state index contributed by atoms with van der Waals surface area (Å²) in [5.41, 5.74) is 2.41. The molecule has 0 amide bonds. The summed E-state index contributed by atoms with van der Waals surface area (Å²) in [4.78, 5) is 22.7. The third-order valence-electron chi connectivity index (χ3n) is 5.24. The number of nitrogens with one attached hydrogen (secondary N) is 2. The van der Waals surface area contributed by atoms with Crippen LogP contribution in [0.4, 0.5) is 5.13 Å². The van der Waals surface area contributed by atoms with Crippen LogP contribution in [0.3, 0.4) is 0 Å². The second-order valence-electron chi connectivity index (χ2n) is 7.55. The summed E-state index contributed by atoms with van der Waals surface area (Å²) in [5, 5.41) is 13.3.